The van der Waals surface area contributed by atoms with E-state index in [1.54, 1.807) is 6.20 Å². The van der Waals surface area contributed by atoms with Crippen LogP contribution in [0.25, 0.3) is 10.6 Å². The first-order valence-corrected chi connectivity index (χ1v) is 6.90. The lowest BCUT2D eigenvalue weighted by molar-refractivity contribution is 0.494. The van der Waals surface area contributed by atoms with Crippen molar-refractivity contribution in [2.24, 2.45) is 0 Å². The second-order valence-corrected chi connectivity index (χ2v) is 5.39. The van der Waals surface area contributed by atoms with Crippen LogP contribution in [0.3, 0.4) is 0 Å². The van der Waals surface area contributed by atoms with Crippen LogP contribution in [-0.2, 0) is 6.42 Å². The minimum absolute atomic E-state index is 0.769. The molecule has 17 heavy (non-hydrogen) atoms. The molecule has 2 aromatic heterocycles. The normalized spacial score (nSPS) is 10.9. The summed E-state index contributed by atoms with van der Waals surface area (Å²) in [6.45, 7) is 4.10. The van der Waals surface area contributed by atoms with Gasteiger partial charge in [-0.1, -0.05) is 18.5 Å². The maximum Gasteiger partial charge on any atom is 0.194 e. The molecular weight excluding hydrogens is 256 g/mol. The van der Waals surface area contributed by atoms with Crippen LogP contribution >= 0.6 is 22.9 Å². The fraction of sp³-hybridized carbons (Fsp3) is 0.417. The van der Waals surface area contributed by atoms with Crippen molar-refractivity contribution in [3.05, 3.63) is 28.6 Å². The van der Waals surface area contributed by atoms with Crippen molar-refractivity contribution in [2.45, 2.75) is 19.8 Å². The van der Waals surface area contributed by atoms with Gasteiger partial charge in [-0.3, -0.25) is 0 Å². The summed E-state index contributed by atoms with van der Waals surface area (Å²) in [6.07, 6.45) is 3.68. The van der Waals surface area contributed by atoms with Gasteiger partial charge in [0.15, 0.2) is 11.7 Å². The number of aromatic nitrogens is 1. The number of hydrogen-bond donors (Lipinski definition) is 1. The van der Waals surface area contributed by atoms with Gasteiger partial charge in [-0.05, 0) is 31.6 Å². The van der Waals surface area contributed by atoms with Gasteiger partial charge in [0.05, 0.1) is 15.4 Å². The number of thiophene rings is 1. The van der Waals surface area contributed by atoms with E-state index in [1.807, 2.05) is 12.1 Å². The highest BCUT2D eigenvalue weighted by molar-refractivity contribution is 7.19. The van der Waals surface area contributed by atoms with E-state index in [0.29, 0.717) is 0 Å². The molecule has 0 spiro atoms. The fourth-order valence-corrected chi connectivity index (χ4v) is 2.52. The SMILES string of the molecule is CCNCCCc1ncc(-c2ccc(Cl)s2)o1. The minimum Gasteiger partial charge on any atom is -0.440 e. The molecule has 0 atom stereocenters. The summed E-state index contributed by atoms with van der Waals surface area (Å²) in [7, 11) is 0. The molecule has 0 amide bonds. The Morgan fingerprint density at radius 2 is 2.35 bits per heavy atom. The third kappa shape index (κ3) is 3.56. The number of hydrogen-bond acceptors (Lipinski definition) is 4. The van der Waals surface area contributed by atoms with E-state index in [4.69, 9.17) is 16.0 Å². The molecule has 0 bridgehead atoms. The Balaban J connectivity index is 1.92. The molecular formula is C12H15ClN2OS. The lowest BCUT2D eigenvalue weighted by Crippen LogP contribution is -2.14. The standard InChI is InChI=1S/C12H15ClN2OS/c1-2-14-7-3-4-12-15-8-9(16-12)10-5-6-11(13)17-10/h5-6,8,14H,2-4,7H2,1H3. The molecule has 3 nitrogen and oxygen atoms in total. The predicted octanol–water partition coefficient (Wildman–Crippen LogP) is 3.60. The zero-order valence-electron chi connectivity index (χ0n) is 9.70. The average Bonchev–Trinajstić information content (AvgIpc) is 2.93. The molecule has 0 fully saturated rings. The fourth-order valence-electron chi connectivity index (χ4n) is 1.53. The predicted molar refractivity (Wildman–Crippen MR) is 71.7 cm³/mol. The topological polar surface area (TPSA) is 38.1 Å². The summed E-state index contributed by atoms with van der Waals surface area (Å²) in [6, 6.07) is 3.82. The molecule has 5 heteroatoms. The van der Waals surface area contributed by atoms with Gasteiger partial charge in [0.2, 0.25) is 0 Å². The van der Waals surface area contributed by atoms with Crippen LogP contribution in [0.15, 0.2) is 22.7 Å². The number of rotatable bonds is 6. The van der Waals surface area contributed by atoms with E-state index in [1.165, 1.54) is 11.3 Å². The monoisotopic (exact) mass is 270 g/mol. The average molecular weight is 271 g/mol. The Labute approximate surface area is 110 Å². The van der Waals surface area contributed by atoms with Crippen molar-refractivity contribution >= 4 is 22.9 Å². The molecule has 0 radical (unpaired) electrons. The van der Waals surface area contributed by atoms with E-state index < -0.39 is 0 Å². The largest absolute Gasteiger partial charge is 0.440 e. The van der Waals surface area contributed by atoms with Gasteiger partial charge < -0.3 is 9.73 Å². The van der Waals surface area contributed by atoms with Gasteiger partial charge in [0, 0.05) is 6.42 Å². The van der Waals surface area contributed by atoms with Crippen LogP contribution in [0.5, 0.6) is 0 Å². The number of aryl methyl sites for hydroxylation is 1. The van der Waals surface area contributed by atoms with Crippen molar-refractivity contribution in [1.29, 1.82) is 0 Å². The number of halogens is 1. The Morgan fingerprint density at radius 1 is 1.47 bits per heavy atom. The molecule has 2 aromatic rings. The third-order valence-electron chi connectivity index (χ3n) is 2.36. The van der Waals surface area contributed by atoms with Gasteiger partial charge in [-0.15, -0.1) is 11.3 Å². The lowest BCUT2D eigenvalue weighted by Gasteiger charge is -1.98. The highest BCUT2D eigenvalue weighted by Crippen LogP contribution is 2.31. The van der Waals surface area contributed by atoms with Crippen molar-refractivity contribution in [1.82, 2.24) is 10.3 Å². The van der Waals surface area contributed by atoms with Crippen molar-refractivity contribution in [2.75, 3.05) is 13.1 Å². The third-order valence-corrected chi connectivity index (χ3v) is 3.61. The van der Waals surface area contributed by atoms with Crippen LogP contribution in [0.2, 0.25) is 4.34 Å². The minimum atomic E-state index is 0.769. The number of oxazole rings is 1. The summed E-state index contributed by atoms with van der Waals surface area (Å²) in [5.74, 6) is 1.60. The molecule has 1 N–H and O–H groups in total. The van der Waals surface area contributed by atoms with E-state index in [-0.39, 0.29) is 0 Å². The summed E-state index contributed by atoms with van der Waals surface area (Å²) in [4.78, 5) is 5.30. The van der Waals surface area contributed by atoms with Crippen molar-refractivity contribution < 1.29 is 4.42 Å². The van der Waals surface area contributed by atoms with Crippen LogP contribution in [0.4, 0.5) is 0 Å². The lowest BCUT2D eigenvalue weighted by atomic mass is 10.3. The molecule has 0 aliphatic heterocycles. The summed E-state index contributed by atoms with van der Waals surface area (Å²) in [5, 5.41) is 3.28. The Morgan fingerprint density at radius 3 is 3.06 bits per heavy atom. The van der Waals surface area contributed by atoms with Crippen LogP contribution in [0, 0.1) is 0 Å². The molecule has 0 aliphatic carbocycles. The molecule has 0 aliphatic rings. The summed E-state index contributed by atoms with van der Waals surface area (Å²) < 4.78 is 6.44. The van der Waals surface area contributed by atoms with Crippen LogP contribution < -0.4 is 5.32 Å². The van der Waals surface area contributed by atoms with Crippen molar-refractivity contribution in [3.63, 3.8) is 0 Å². The summed E-state index contributed by atoms with van der Waals surface area (Å²) >= 11 is 7.39. The smallest absolute Gasteiger partial charge is 0.194 e. The maximum absolute atomic E-state index is 5.88. The first-order chi connectivity index (χ1) is 8.29. The van der Waals surface area contributed by atoms with Gasteiger partial charge >= 0.3 is 0 Å². The number of nitrogens with one attached hydrogen (secondary N) is 1. The molecule has 0 saturated heterocycles. The Hall–Kier alpha value is -0.840. The zero-order valence-corrected chi connectivity index (χ0v) is 11.3. The van der Waals surface area contributed by atoms with Crippen molar-refractivity contribution in [3.8, 4) is 10.6 Å². The van der Waals surface area contributed by atoms with Gasteiger partial charge in [-0.2, -0.15) is 0 Å². The highest BCUT2D eigenvalue weighted by atomic mass is 35.5. The zero-order chi connectivity index (χ0) is 12.1. The van der Waals surface area contributed by atoms with E-state index >= 15 is 0 Å². The molecule has 0 aromatic carbocycles. The van der Waals surface area contributed by atoms with Crippen LogP contribution in [-0.4, -0.2) is 18.1 Å². The second-order valence-electron chi connectivity index (χ2n) is 3.68. The Kier molecular flexibility index (Phi) is 4.59. The Bertz CT molecular complexity index is 467. The first kappa shape index (κ1) is 12.6. The molecule has 92 valence electrons. The quantitative estimate of drug-likeness (QED) is 0.815. The highest BCUT2D eigenvalue weighted by Gasteiger charge is 2.08. The molecule has 2 heterocycles. The second kappa shape index (κ2) is 6.19. The van der Waals surface area contributed by atoms with E-state index in [2.05, 4.69) is 17.2 Å². The molecule has 0 unspecified atom stereocenters. The molecule has 2 rings (SSSR count). The van der Waals surface area contributed by atoms with Gasteiger partial charge in [0.1, 0.15) is 0 Å². The molecule has 0 saturated carbocycles. The van der Waals surface area contributed by atoms with Gasteiger partial charge in [-0.25, -0.2) is 4.98 Å². The number of nitrogens with zero attached hydrogens (tertiary/aromatic N) is 1. The maximum atomic E-state index is 5.88. The first-order valence-electron chi connectivity index (χ1n) is 5.70. The van der Waals surface area contributed by atoms with Gasteiger partial charge in [0.25, 0.3) is 0 Å². The van der Waals surface area contributed by atoms with E-state index in [9.17, 15) is 0 Å². The van der Waals surface area contributed by atoms with Crippen LogP contribution in [0.1, 0.15) is 19.2 Å². The van der Waals surface area contributed by atoms with E-state index in [0.717, 1.165) is 46.8 Å². The summed E-state index contributed by atoms with van der Waals surface area (Å²) in [5.41, 5.74) is 0.